The monoisotopic (exact) mass is 272 g/mol. The molecule has 0 bridgehead atoms. The molecule has 0 aromatic carbocycles. The van der Waals surface area contributed by atoms with Crippen molar-refractivity contribution in [2.75, 3.05) is 26.7 Å². The molecule has 0 N–H and O–H groups in total. The summed E-state index contributed by atoms with van der Waals surface area (Å²) in [7, 11) is 1.84. The van der Waals surface area contributed by atoms with Crippen LogP contribution in [0, 0.1) is 0 Å². The molecule has 0 aliphatic rings. The standard InChI is InChI=1S/C14H28N2O3/c1-7-19-14(18)8-9-15(6)10-13(17)16(11(2)3)12(4)5/h11-12H,7-10H2,1-6H3. The lowest BCUT2D eigenvalue weighted by Crippen LogP contribution is -2.46. The highest BCUT2D eigenvalue weighted by atomic mass is 16.5. The Morgan fingerprint density at radius 2 is 1.63 bits per heavy atom. The smallest absolute Gasteiger partial charge is 0.307 e. The zero-order valence-electron chi connectivity index (χ0n) is 13.1. The van der Waals surface area contributed by atoms with E-state index in [9.17, 15) is 9.59 Å². The molecule has 0 saturated heterocycles. The van der Waals surface area contributed by atoms with Crippen molar-refractivity contribution in [2.45, 2.75) is 53.1 Å². The predicted molar refractivity (Wildman–Crippen MR) is 75.9 cm³/mol. The van der Waals surface area contributed by atoms with Gasteiger partial charge in [0.25, 0.3) is 0 Å². The molecule has 0 heterocycles. The van der Waals surface area contributed by atoms with Gasteiger partial charge in [0.2, 0.25) is 5.91 Å². The molecular weight excluding hydrogens is 244 g/mol. The maximum Gasteiger partial charge on any atom is 0.307 e. The molecule has 5 nitrogen and oxygen atoms in total. The van der Waals surface area contributed by atoms with Crippen LogP contribution < -0.4 is 0 Å². The van der Waals surface area contributed by atoms with Crippen LogP contribution >= 0.6 is 0 Å². The Morgan fingerprint density at radius 3 is 2.05 bits per heavy atom. The Morgan fingerprint density at radius 1 is 1.11 bits per heavy atom. The van der Waals surface area contributed by atoms with E-state index in [1.165, 1.54) is 0 Å². The molecule has 0 rings (SSSR count). The van der Waals surface area contributed by atoms with Gasteiger partial charge >= 0.3 is 5.97 Å². The average molecular weight is 272 g/mol. The van der Waals surface area contributed by atoms with Gasteiger partial charge in [0.1, 0.15) is 0 Å². The molecule has 0 saturated carbocycles. The first kappa shape index (κ1) is 17.9. The first-order valence-electron chi connectivity index (χ1n) is 6.94. The van der Waals surface area contributed by atoms with Crippen LogP contribution in [-0.4, -0.2) is 60.5 Å². The van der Waals surface area contributed by atoms with E-state index in [4.69, 9.17) is 4.74 Å². The molecule has 19 heavy (non-hydrogen) atoms. The molecule has 0 atom stereocenters. The van der Waals surface area contributed by atoms with Crippen molar-refractivity contribution in [3.05, 3.63) is 0 Å². The van der Waals surface area contributed by atoms with Gasteiger partial charge in [-0.1, -0.05) is 0 Å². The van der Waals surface area contributed by atoms with Crippen LogP contribution in [0.4, 0.5) is 0 Å². The third kappa shape index (κ3) is 7.15. The van der Waals surface area contributed by atoms with Gasteiger partial charge in [-0.2, -0.15) is 0 Å². The van der Waals surface area contributed by atoms with Gasteiger partial charge in [-0.15, -0.1) is 0 Å². The summed E-state index contributed by atoms with van der Waals surface area (Å²) in [6.07, 6.45) is 0.320. The molecule has 0 spiro atoms. The number of amides is 1. The molecule has 0 aliphatic carbocycles. The Labute approximate surface area is 116 Å². The lowest BCUT2D eigenvalue weighted by Gasteiger charge is -2.32. The number of hydrogen-bond acceptors (Lipinski definition) is 4. The van der Waals surface area contributed by atoms with Crippen molar-refractivity contribution in [2.24, 2.45) is 0 Å². The number of esters is 1. The van der Waals surface area contributed by atoms with Crippen molar-refractivity contribution < 1.29 is 14.3 Å². The van der Waals surface area contributed by atoms with Crippen LogP contribution in [0.2, 0.25) is 0 Å². The maximum absolute atomic E-state index is 12.2. The van der Waals surface area contributed by atoms with Gasteiger partial charge in [0.15, 0.2) is 0 Å². The summed E-state index contributed by atoms with van der Waals surface area (Å²) >= 11 is 0. The van der Waals surface area contributed by atoms with E-state index < -0.39 is 0 Å². The summed E-state index contributed by atoms with van der Waals surface area (Å²) in [6, 6.07) is 0.372. The van der Waals surface area contributed by atoms with E-state index in [2.05, 4.69) is 0 Å². The number of hydrogen-bond donors (Lipinski definition) is 0. The first-order valence-corrected chi connectivity index (χ1v) is 6.94. The molecule has 0 aliphatic heterocycles. The van der Waals surface area contributed by atoms with Crippen LogP contribution in [-0.2, 0) is 14.3 Å². The summed E-state index contributed by atoms with van der Waals surface area (Å²) in [5.41, 5.74) is 0. The van der Waals surface area contributed by atoms with Crippen LogP contribution in [0.3, 0.4) is 0 Å². The predicted octanol–water partition coefficient (Wildman–Crippen LogP) is 1.52. The molecule has 0 aromatic heterocycles. The fraction of sp³-hybridized carbons (Fsp3) is 0.857. The van der Waals surface area contributed by atoms with Crippen molar-refractivity contribution >= 4 is 11.9 Å². The largest absolute Gasteiger partial charge is 0.466 e. The highest BCUT2D eigenvalue weighted by Crippen LogP contribution is 2.06. The summed E-state index contributed by atoms with van der Waals surface area (Å²) in [5, 5.41) is 0. The van der Waals surface area contributed by atoms with Gasteiger partial charge in [-0.25, -0.2) is 0 Å². The zero-order valence-corrected chi connectivity index (χ0v) is 13.1. The number of ether oxygens (including phenoxy) is 1. The van der Waals surface area contributed by atoms with Gasteiger partial charge in [-0.3, -0.25) is 14.5 Å². The lowest BCUT2D eigenvalue weighted by atomic mass is 10.2. The normalized spacial score (nSPS) is 11.2. The minimum atomic E-state index is -0.216. The topological polar surface area (TPSA) is 49.9 Å². The first-order chi connectivity index (χ1) is 8.79. The average Bonchev–Trinajstić information content (AvgIpc) is 2.25. The number of carbonyl (C=O) groups excluding carboxylic acids is 2. The lowest BCUT2D eigenvalue weighted by molar-refractivity contribution is -0.144. The van der Waals surface area contributed by atoms with E-state index >= 15 is 0 Å². The third-order valence-corrected chi connectivity index (χ3v) is 2.81. The minimum Gasteiger partial charge on any atom is -0.466 e. The molecule has 5 heteroatoms. The SMILES string of the molecule is CCOC(=O)CCN(C)CC(=O)N(C(C)C)C(C)C. The number of likely N-dealkylation sites (N-methyl/N-ethyl adjacent to an activating group) is 1. The fourth-order valence-electron chi connectivity index (χ4n) is 2.08. The van der Waals surface area contributed by atoms with Crippen molar-refractivity contribution in [3.63, 3.8) is 0 Å². The van der Waals surface area contributed by atoms with E-state index in [1.54, 1.807) is 6.92 Å². The van der Waals surface area contributed by atoms with E-state index in [0.29, 0.717) is 26.1 Å². The number of rotatable bonds is 8. The zero-order chi connectivity index (χ0) is 15.0. The van der Waals surface area contributed by atoms with E-state index in [1.807, 2.05) is 44.5 Å². The summed E-state index contributed by atoms with van der Waals surface area (Å²) in [5.74, 6) is -0.122. The van der Waals surface area contributed by atoms with Gasteiger partial charge < -0.3 is 9.64 Å². The summed E-state index contributed by atoms with van der Waals surface area (Å²) in [4.78, 5) is 27.1. The number of carbonyl (C=O) groups is 2. The molecule has 0 unspecified atom stereocenters. The minimum absolute atomic E-state index is 0.0939. The van der Waals surface area contributed by atoms with Crippen LogP contribution in [0.25, 0.3) is 0 Å². The Balaban J connectivity index is 4.20. The molecule has 0 radical (unpaired) electrons. The van der Waals surface area contributed by atoms with Crippen molar-refractivity contribution in [3.8, 4) is 0 Å². The molecule has 0 aromatic rings. The number of nitrogens with zero attached hydrogens (tertiary/aromatic N) is 2. The van der Waals surface area contributed by atoms with Crippen molar-refractivity contribution in [1.29, 1.82) is 0 Å². The summed E-state index contributed by atoms with van der Waals surface area (Å²) < 4.78 is 4.86. The second-order valence-corrected chi connectivity index (χ2v) is 5.28. The van der Waals surface area contributed by atoms with Gasteiger partial charge in [0, 0.05) is 18.6 Å². The highest BCUT2D eigenvalue weighted by Gasteiger charge is 2.21. The molecular formula is C14H28N2O3. The fourth-order valence-corrected chi connectivity index (χ4v) is 2.08. The molecule has 0 fully saturated rings. The molecule has 112 valence electrons. The highest BCUT2D eigenvalue weighted by molar-refractivity contribution is 5.79. The van der Waals surface area contributed by atoms with E-state index in [-0.39, 0.29) is 24.0 Å². The third-order valence-electron chi connectivity index (χ3n) is 2.81. The molecule has 1 amide bonds. The van der Waals surface area contributed by atoms with Crippen molar-refractivity contribution in [1.82, 2.24) is 9.80 Å². The van der Waals surface area contributed by atoms with Crippen LogP contribution in [0.15, 0.2) is 0 Å². The van der Waals surface area contributed by atoms with Gasteiger partial charge in [-0.05, 0) is 41.7 Å². The second-order valence-electron chi connectivity index (χ2n) is 5.28. The van der Waals surface area contributed by atoms with Crippen LogP contribution in [0.1, 0.15) is 41.0 Å². The Bertz CT molecular complexity index is 282. The maximum atomic E-state index is 12.2. The quantitative estimate of drug-likeness (QED) is 0.629. The second kappa shape index (κ2) is 8.91. The summed E-state index contributed by atoms with van der Waals surface area (Å²) in [6.45, 7) is 11.1. The van der Waals surface area contributed by atoms with E-state index in [0.717, 1.165) is 0 Å². The van der Waals surface area contributed by atoms with Crippen LogP contribution in [0.5, 0.6) is 0 Å². The Hall–Kier alpha value is -1.10. The van der Waals surface area contributed by atoms with Gasteiger partial charge in [0.05, 0.1) is 19.6 Å². The Kier molecular flexibility index (Phi) is 8.39.